The molecule has 1 amide bonds. The van der Waals surface area contributed by atoms with E-state index in [9.17, 15) is 18.0 Å². The monoisotopic (exact) mass is 400 g/mol. The second-order valence-corrected chi connectivity index (χ2v) is 8.88. The number of anilines is 1. The number of benzene rings is 1. The zero-order valence-corrected chi connectivity index (χ0v) is 15.8. The maximum Gasteiger partial charge on any atom is 0.309 e. The van der Waals surface area contributed by atoms with E-state index in [1.807, 2.05) is 0 Å². The van der Waals surface area contributed by atoms with Gasteiger partial charge in [-0.25, -0.2) is 8.42 Å². The fraction of sp³-hybridized carbons (Fsp3) is 0.529. The first kappa shape index (κ1) is 19.1. The molecule has 9 heteroatoms. The summed E-state index contributed by atoms with van der Waals surface area (Å²) in [5.41, 5.74) is 0.178. The fourth-order valence-electron chi connectivity index (χ4n) is 2.77. The number of piperidine rings is 1. The van der Waals surface area contributed by atoms with Gasteiger partial charge in [0.1, 0.15) is 0 Å². The summed E-state index contributed by atoms with van der Waals surface area (Å²) < 4.78 is 31.8. The van der Waals surface area contributed by atoms with Crippen LogP contribution < -0.4 is 5.32 Å². The molecule has 3 rings (SSSR count). The largest absolute Gasteiger partial charge is 0.455 e. The van der Waals surface area contributed by atoms with Gasteiger partial charge in [0, 0.05) is 13.1 Å². The Hall–Kier alpha value is -1.64. The number of rotatable bonds is 6. The molecule has 26 heavy (non-hydrogen) atoms. The first-order valence-electron chi connectivity index (χ1n) is 8.64. The van der Waals surface area contributed by atoms with Crippen molar-refractivity contribution in [3.05, 3.63) is 23.2 Å². The normalized spacial score (nSPS) is 18.3. The number of sulfonamides is 1. The average Bonchev–Trinajstić information content (AvgIpc) is 3.47. The molecule has 1 heterocycles. The predicted octanol–water partition coefficient (Wildman–Crippen LogP) is 2.41. The average molecular weight is 401 g/mol. The molecule has 7 nitrogen and oxygen atoms in total. The maximum atomic E-state index is 12.7. The van der Waals surface area contributed by atoms with Crippen LogP contribution in [0.4, 0.5) is 5.69 Å². The van der Waals surface area contributed by atoms with E-state index in [0.717, 1.165) is 32.1 Å². The molecule has 2 fully saturated rings. The second-order valence-electron chi connectivity index (χ2n) is 6.54. The molecule has 0 aromatic heterocycles. The maximum absolute atomic E-state index is 12.7. The van der Waals surface area contributed by atoms with Gasteiger partial charge in [-0.1, -0.05) is 18.0 Å². The van der Waals surface area contributed by atoms with Crippen molar-refractivity contribution >= 4 is 39.2 Å². The summed E-state index contributed by atoms with van der Waals surface area (Å²) in [5, 5.41) is 2.72. The highest BCUT2D eigenvalue weighted by atomic mass is 35.5. The van der Waals surface area contributed by atoms with Crippen molar-refractivity contribution in [1.82, 2.24) is 4.31 Å². The van der Waals surface area contributed by atoms with Gasteiger partial charge in [-0.3, -0.25) is 9.59 Å². The lowest BCUT2D eigenvalue weighted by molar-refractivity contribution is -0.148. The third kappa shape index (κ3) is 4.55. The Morgan fingerprint density at radius 1 is 1.19 bits per heavy atom. The summed E-state index contributed by atoms with van der Waals surface area (Å²) in [7, 11) is -3.63. The molecular weight excluding hydrogens is 380 g/mol. The van der Waals surface area contributed by atoms with Crippen molar-refractivity contribution in [2.75, 3.05) is 25.0 Å². The van der Waals surface area contributed by atoms with Gasteiger partial charge in [-0.15, -0.1) is 0 Å². The zero-order chi connectivity index (χ0) is 18.7. The van der Waals surface area contributed by atoms with Crippen molar-refractivity contribution in [3.8, 4) is 0 Å². The number of halogens is 1. The summed E-state index contributed by atoms with van der Waals surface area (Å²) in [6.07, 6.45) is 4.28. The number of amides is 1. The lowest BCUT2D eigenvalue weighted by Gasteiger charge is -2.26. The van der Waals surface area contributed by atoms with Crippen molar-refractivity contribution in [1.29, 1.82) is 0 Å². The van der Waals surface area contributed by atoms with E-state index >= 15 is 0 Å². The van der Waals surface area contributed by atoms with E-state index in [0.29, 0.717) is 13.1 Å². The Morgan fingerprint density at radius 2 is 1.88 bits per heavy atom. The van der Waals surface area contributed by atoms with Gasteiger partial charge in [0.15, 0.2) is 6.61 Å². The number of nitrogens with zero attached hydrogens (tertiary/aromatic N) is 1. The molecule has 0 spiro atoms. The molecule has 0 radical (unpaired) electrons. The van der Waals surface area contributed by atoms with Gasteiger partial charge in [0.25, 0.3) is 5.91 Å². The minimum Gasteiger partial charge on any atom is -0.455 e. The predicted molar refractivity (Wildman–Crippen MR) is 96.4 cm³/mol. The number of ether oxygens (including phenoxy) is 1. The highest BCUT2D eigenvalue weighted by molar-refractivity contribution is 7.89. The van der Waals surface area contributed by atoms with Crippen LogP contribution in [0.25, 0.3) is 0 Å². The summed E-state index contributed by atoms with van der Waals surface area (Å²) in [6.45, 7) is 0.558. The van der Waals surface area contributed by atoms with Crippen molar-refractivity contribution in [2.24, 2.45) is 5.92 Å². The number of carbonyl (C=O) groups excluding carboxylic acids is 2. The van der Waals surface area contributed by atoms with Crippen LogP contribution in [0.3, 0.4) is 0 Å². The van der Waals surface area contributed by atoms with Crippen LogP contribution in [0, 0.1) is 5.92 Å². The molecule has 1 aliphatic heterocycles. The molecule has 1 saturated heterocycles. The Morgan fingerprint density at radius 3 is 2.54 bits per heavy atom. The molecule has 0 bridgehead atoms. The van der Waals surface area contributed by atoms with Crippen molar-refractivity contribution < 1.29 is 22.7 Å². The van der Waals surface area contributed by atoms with E-state index in [-0.39, 0.29) is 27.5 Å². The molecule has 0 atom stereocenters. The molecular formula is C17H21ClN2O5S. The molecule has 2 aliphatic rings. The van der Waals surface area contributed by atoms with E-state index in [1.54, 1.807) is 0 Å². The van der Waals surface area contributed by atoms with Gasteiger partial charge >= 0.3 is 5.97 Å². The van der Waals surface area contributed by atoms with Crippen molar-refractivity contribution in [3.63, 3.8) is 0 Å². The lowest BCUT2D eigenvalue weighted by atomic mass is 10.2. The Bertz CT molecular complexity index is 801. The standard InChI is InChI=1S/C17H21ClN2O5S/c18-14-7-6-13(26(23,24)20-8-2-1-3-9-20)10-15(14)19-16(21)11-25-17(22)12-4-5-12/h6-7,10,12H,1-5,8-9,11H2,(H,19,21). The van der Waals surface area contributed by atoms with E-state index in [1.165, 1.54) is 22.5 Å². The first-order valence-corrected chi connectivity index (χ1v) is 10.5. The number of hydrogen-bond acceptors (Lipinski definition) is 5. The first-order chi connectivity index (χ1) is 12.4. The van der Waals surface area contributed by atoms with Crippen LogP contribution in [0.1, 0.15) is 32.1 Å². The van der Waals surface area contributed by atoms with Crippen LogP contribution >= 0.6 is 11.6 Å². The molecule has 142 valence electrons. The number of esters is 1. The lowest BCUT2D eigenvalue weighted by Crippen LogP contribution is -2.35. The molecule has 1 saturated carbocycles. The summed E-state index contributed by atoms with van der Waals surface area (Å²) in [4.78, 5) is 23.5. The van der Waals surface area contributed by atoms with Gasteiger partial charge < -0.3 is 10.1 Å². The van der Waals surface area contributed by atoms with Gasteiger partial charge in [0.2, 0.25) is 10.0 Å². The summed E-state index contributed by atoms with van der Waals surface area (Å²) >= 11 is 6.07. The molecule has 0 unspecified atom stereocenters. The van der Waals surface area contributed by atoms with Crippen LogP contribution in [-0.2, 0) is 24.3 Å². The van der Waals surface area contributed by atoms with Gasteiger partial charge in [-0.05, 0) is 43.9 Å². The van der Waals surface area contributed by atoms with Gasteiger partial charge in [0.05, 0.1) is 21.5 Å². The van der Waals surface area contributed by atoms with Crippen LogP contribution in [0.5, 0.6) is 0 Å². The van der Waals surface area contributed by atoms with Gasteiger partial charge in [-0.2, -0.15) is 4.31 Å². The summed E-state index contributed by atoms with van der Waals surface area (Å²) in [6, 6.07) is 4.20. The highest BCUT2D eigenvalue weighted by Crippen LogP contribution is 2.30. The molecule has 1 aromatic rings. The highest BCUT2D eigenvalue weighted by Gasteiger charge is 2.31. The minimum absolute atomic E-state index is 0.0778. The number of nitrogens with one attached hydrogen (secondary N) is 1. The van der Waals surface area contributed by atoms with Crippen molar-refractivity contribution in [2.45, 2.75) is 37.0 Å². The van der Waals surface area contributed by atoms with Crippen LogP contribution in [-0.4, -0.2) is 44.3 Å². The Balaban J connectivity index is 1.68. The smallest absolute Gasteiger partial charge is 0.309 e. The van der Waals surface area contributed by atoms with E-state index < -0.39 is 22.5 Å². The minimum atomic E-state index is -3.63. The molecule has 1 aliphatic carbocycles. The number of hydrogen-bond donors (Lipinski definition) is 1. The fourth-order valence-corrected chi connectivity index (χ4v) is 4.48. The number of carbonyl (C=O) groups is 2. The topological polar surface area (TPSA) is 92.8 Å². The van der Waals surface area contributed by atoms with Crippen LogP contribution in [0.15, 0.2) is 23.1 Å². The SMILES string of the molecule is O=C(COC(=O)C1CC1)Nc1cc(S(=O)(=O)N2CCCCC2)ccc1Cl. The molecule has 1 aromatic carbocycles. The third-order valence-corrected chi connectivity index (χ3v) is 6.65. The van der Waals surface area contributed by atoms with Crippen LogP contribution in [0.2, 0.25) is 5.02 Å². The van der Waals surface area contributed by atoms with E-state index in [2.05, 4.69) is 5.32 Å². The zero-order valence-electron chi connectivity index (χ0n) is 14.2. The third-order valence-electron chi connectivity index (χ3n) is 4.42. The second kappa shape index (κ2) is 7.94. The molecule has 1 N–H and O–H groups in total. The van der Waals surface area contributed by atoms with E-state index in [4.69, 9.17) is 16.3 Å². The quantitative estimate of drug-likeness (QED) is 0.740. The summed E-state index contributed by atoms with van der Waals surface area (Å²) in [5.74, 6) is -1.04. The Kier molecular flexibility index (Phi) is 5.84. The Labute approximate surface area is 157 Å².